The molecule has 0 bridgehead atoms. The Morgan fingerprint density at radius 3 is 2.00 bits per heavy atom. The Labute approximate surface area is 161 Å². The zero-order valence-electron chi connectivity index (χ0n) is 11.7. The molecule has 0 amide bonds. The Morgan fingerprint density at radius 1 is 1.10 bits per heavy atom. The Hall–Kier alpha value is 0.360. The molecule has 2 aromatic rings. The zero-order chi connectivity index (χ0) is 15.1. The third-order valence-corrected chi connectivity index (χ3v) is 5.58. The van der Waals surface area contributed by atoms with E-state index in [4.69, 9.17) is 0 Å². The van der Waals surface area contributed by atoms with Gasteiger partial charge in [-0.25, -0.2) is 0 Å². The monoisotopic (exact) mass is 576 g/mol. The van der Waals surface area contributed by atoms with E-state index in [2.05, 4.69) is 87.3 Å². The molecule has 116 valence electrons. The lowest BCUT2D eigenvalue weighted by molar-refractivity contribution is 0.289. The second-order valence-electron chi connectivity index (χ2n) is 5.17. The molecule has 21 heavy (non-hydrogen) atoms. The highest BCUT2D eigenvalue weighted by atomic mass is 127. The Morgan fingerprint density at radius 2 is 1.76 bits per heavy atom. The number of aromatic amines is 1. The maximum absolute atomic E-state index is 4.25. The highest BCUT2D eigenvalue weighted by Gasteiger charge is 2.19. The molecule has 0 aromatic carbocycles. The van der Waals surface area contributed by atoms with E-state index in [0.717, 1.165) is 8.40 Å². The summed E-state index contributed by atoms with van der Waals surface area (Å²) in [5.74, 6) is 0. The lowest BCUT2D eigenvalue weighted by Crippen LogP contribution is -2.16. The predicted molar refractivity (Wildman–Crippen MR) is 106 cm³/mol. The molecule has 0 unspecified atom stereocenters. The molecular weight excluding hydrogens is 558 g/mol. The standard InChI is InChI=1S/C7H9IN2.C4H7Br.C3H3IN2/c8-6-4-9-10(5-6)7-2-1-3-7;5-4-2-1-3-4;4-3-1-5-6-2-3/h4-5,7H,1-3H2;4H,1-3H2;1-2H,(H,5,6). The van der Waals surface area contributed by atoms with Crippen LogP contribution in [0.3, 0.4) is 0 Å². The van der Waals surface area contributed by atoms with Crippen LogP contribution in [0.25, 0.3) is 0 Å². The average molecular weight is 577 g/mol. The first-order valence-corrected chi connectivity index (χ1v) is 10.2. The number of nitrogens with one attached hydrogen (secondary N) is 1. The highest BCUT2D eigenvalue weighted by molar-refractivity contribution is 14.1. The fourth-order valence-electron chi connectivity index (χ4n) is 1.76. The molecule has 2 saturated carbocycles. The van der Waals surface area contributed by atoms with Crippen molar-refractivity contribution in [3.8, 4) is 0 Å². The summed E-state index contributed by atoms with van der Waals surface area (Å²) in [6, 6.07) is 0.712. The van der Waals surface area contributed by atoms with E-state index in [1.165, 1.54) is 42.1 Å². The molecule has 0 aliphatic heterocycles. The third-order valence-electron chi connectivity index (χ3n) is 3.52. The molecule has 1 N–H and O–H groups in total. The van der Waals surface area contributed by atoms with Crippen LogP contribution < -0.4 is 0 Å². The Kier molecular flexibility index (Phi) is 8.00. The van der Waals surface area contributed by atoms with Crippen LogP contribution in [0.2, 0.25) is 0 Å². The lowest BCUT2D eigenvalue weighted by Gasteiger charge is -2.25. The molecule has 2 fully saturated rings. The summed E-state index contributed by atoms with van der Waals surface area (Å²) < 4.78 is 4.47. The van der Waals surface area contributed by atoms with Crippen LogP contribution in [-0.2, 0) is 0 Å². The largest absolute Gasteiger partial charge is 0.285 e. The first-order valence-electron chi connectivity index (χ1n) is 7.13. The van der Waals surface area contributed by atoms with E-state index in [0.29, 0.717) is 6.04 Å². The number of rotatable bonds is 1. The molecule has 7 heteroatoms. The normalized spacial score (nSPS) is 17.7. The molecule has 0 atom stereocenters. The minimum atomic E-state index is 0.712. The summed E-state index contributed by atoms with van der Waals surface area (Å²) in [6.45, 7) is 0. The van der Waals surface area contributed by atoms with Gasteiger partial charge < -0.3 is 0 Å². The average Bonchev–Trinajstić information content (AvgIpc) is 2.98. The van der Waals surface area contributed by atoms with E-state index in [9.17, 15) is 0 Å². The minimum Gasteiger partial charge on any atom is -0.285 e. The molecule has 0 spiro atoms. The van der Waals surface area contributed by atoms with Crippen LogP contribution >= 0.6 is 61.1 Å². The van der Waals surface area contributed by atoms with Crippen molar-refractivity contribution in [3.05, 3.63) is 31.9 Å². The summed E-state index contributed by atoms with van der Waals surface area (Å²) in [7, 11) is 0. The fourth-order valence-corrected chi connectivity index (χ4v) is 3.10. The molecule has 0 saturated heterocycles. The van der Waals surface area contributed by atoms with Gasteiger partial charge in [0.2, 0.25) is 0 Å². The van der Waals surface area contributed by atoms with Gasteiger partial charge in [0.15, 0.2) is 0 Å². The summed E-state index contributed by atoms with van der Waals surface area (Å²) in [5, 5.41) is 10.6. The summed E-state index contributed by atoms with van der Waals surface area (Å²) in [6.07, 6.45) is 15.9. The Balaban J connectivity index is 0.000000126. The second-order valence-corrected chi connectivity index (χ2v) is 8.95. The van der Waals surface area contributed by atoms with Crippen molar-refractivity contribution < 1.29 is 0 Å². The third kappa shape index (κ3) is 6.55. The molecular formula is C14H19BrI2N4. The zero-order valence-corrected chi connectivity index (χ0v) is 17.6. The summed E-state index contributed by atoms with van der Waals surface area (Å²) in [5.41, 5.74) is 0. The van der Waals surface area contributed by atoms with Crippen LogP contribution in [0.5, 0.6) is 0 Å². The van der Waals surface area contributed by atoms with Crippen molar-refractivity contribution in [2.75, 3.05) is 0 Å². The van der Waals surface area contributed by atoms with Crippen LogP contribution in [0.15, 0.2) is 24.8 Å². The predicted octanol–water partition coefficient (Wildman–Crippen LogP) is 5.16. The number of aromatic nitrogens is 4. The number of H-pyrrole nitrogens is 1. The van der Waals surface area contributed by atoms with Gasteiger partial charge in [0, 0.05) is 17.2 Å². The number of hydrogen-bond donors (Lipinski definition) is 1. The first-order chi connectivity index (χ1) is 10.1. The van der Waals surface area contributed by atoms with Gasteiger partial charge in [-0.1, -0.05) is 22.4 Å². The van der Waals surface area contributed by atoms with Crippen molar-refractivity contribution in [2.24, 2.45) is 0 Å². The van der Waals surface area contributed by atoms with Gasteiger partial charge in [0.25, 0.3) is 0 Å². The van der Waals surface area contributed by atoms with E-state index in [1.54, 1.807) is 6.20 Å². The maximum Gasteiger partial charge on any atom is 0.0623 e. The van der Waals surface area contributed by atoms with Gasteiger partial charge in [0.1, 0.15) is 0 Å². The molecule has 0 radical (unpaired) electrons. The second kappa shape index (κ2) is 9.49. The quantitative estimate of drug-likeness (QED) is 0.377. The number of hydrogen-bond acceptors (Lipinski definition) is 2. The van der Waals surface area contributed by atoms with Crippen molar-refractivity contribution in [3.63, 3.8) is 0 Å². The first kappa shape index (κ1) is 17.7. The van der Waals surface area contributed by atoms with Gasteiger partial charge in [-0.15, -0.1) is 0 Å². The van der Waals surface area contributed by atoms with Crippen LogP contribution in [0, 0.1) is 7.14 Å². The van der Waals surface area contributed by atoms with Crippen molar-refractivity contribution in [1.82, 2.24) is 20.0 Å². The molecule has 2 heterocycles. The van der Waals surface area contributed by atoms with Gasteiger partial charge >= 0.3 is 0 Å². The number of alkyl halides is 1. The Bertz CT molecular complexity index is 507. The smallest absolute Gasteiger partial charge is 0.0623 e. The number of halogens is 3. The van der Waals surface area contributed by atoms with Crippen molar-refractivity contribution in [2.45, 2.75) is 49.4 Å². The van der Waals surface area contributed by atoms with Crippen LogP contribution in [0.1, 0.15) is 44.6 Å². The van der Waals surface area contributed by atoms with Crippen molar-refractivity contribution in [1.29, 1.82) is 0 Å². The maximum atomic E-state index is 4.25. The van der Waals surface area contributed by atoms with Gasteiger partial charge in [0.05, 0.1) is 25.6 Å². The molecule has 2 aromatic heterocycles. The molecule has 2 aliphatic carbocycles. The summed E-state index contributed by atoms with van der Waals surface area (Å²) in [4.78, 5) is 0.877. The minimum absolute atomic E-state index is 0.712. The van der Waals surface area contributed by atoms with Crippen LogP contribution in [-0.4, -0.2) is 24.8 Å². The van der Waals surface area contributed by atoms with Gasteiger partial charge in [-0.3, -0.25) is 9.78 Å². The van der Waals surface area contributed by atoms with E-state index in [1.807, 2.05) is 12.4 Å². The summed E-state index contributed by atoms with van der Waals surface area (Å²) >= 11 is 7.93. The highest BCUT2D eigenvalue weighted by Crippen LogP contribution is 2.30. The molecule has 2 aliphatic rings. The number of nitrogens with zero attached hydrogens (tertiary/aromatic N) is 3. The van der Waals surface area contributed by atoms with Crippen LogP contribution in [0.4, 0.5) is 0 Å². The van der Waals surface area contributed by atoms with Gasteiger partial charge in [-0.05, 0) is 77.3 Å². The van der Waals surface area contributed by atoms with Gasteiger partial charge in [-0.2, -0.15) is 10.2 Å². The topological polar surface area (TPSA) is 46.5 Å². The lowest BCUT2D eigenvalue weighted by atomic mass is 9.93. The van der Waals surface area contributed by atoms with E-state index < -0.39 is 0 Å². The molecule has 4 nitrogen and oxygen atoms in total. The molecule has 4 rings (SSSR count). The van der Waals surface area contributed by atoms with E-state index in [-0.39, 0.29) is 0 Å². The van der Waals surface area contributed by atoms with E-state index >= 15 is 0 Å². The SMILES string of the molecule is BrC1CCC1.Ic1cn[nH]c1.Ic1cnn(C2CCC2)c1. The fraction of sp³-hybridized carbons (Fsp3) is 0.571. The van der Waals surface area contributed by atoms with Crippen molar-refractivity contribution >= 4 is 61.1 Å².